The number of amides is 1. The maximum Gasteiger partial charge on any atom is 0.253 e. The van der Waals surface area contributed by atoms with Crippen LogP contribution in [0.5, 0.6) is 0 Å². The van der Waals surface area contributed by atoms with Gasteiger partial charge >= 0.3 is 0 Å². The molecule has 0 bridgehead atoms. The number of anilines is 2. The zero-order valence-electron chi connectivity index (χ0n) is 12.6. The van der Waals surface area contributed by atoms with Crippen LogP contribution in [0.2, 0.25) is 0 Å². The molecule has 0 saturated heterocycles. The van der Waals surface area contributed by atoms with Crippen LogP contribution in [0.4, 0.5) is 11.4 Å². The summed E-state index contributed by atoms with van der Waals surface area (Å²) >= 11 is 0. The Bertz CT molecular complexity index is 706. The largest absolute Gasteiger partial charge is 0.353 e. The van der Waals surface area contributed by atoms with Crippen molar-refractivity contribution in [2.75, 3.05) is 5.32 Å². The van der Waals surface area contributed by atoms with E-state index in [9.17, 15) is 4.79 Å². The SMILES string of the molecule is CCC(C)NC(=O)c1cncc(Nc2ccccc2C#N)c1. The van der Waals surface area contributed by atoms with Gasteiger partial charge in [0.2, 0.25) is 0 Å². The molecule has 0 aliphatic rings. The van der Waals surface area contributed by atoms with E-state index in [4.69, 9.17) is 5.26 Å². The number of benzene rings is 1. The second kappa shape index (κ2) is 7.23. The van der Waals surface area contributed by atoms with Crippen LogP contribution in [0.3, 0.4) is 0 Å². The van der Waals surface area contributed by atoms with E-state index in [0.717, 1.165) is 6.42 Å². The molecule has 0 radical (unpaired) electrons. The number of para-hydroxylation sites is 1. The third-order valence-electron chi connectivity index (χ3n) is 3.32. The first-order valence-electron chi connectivity index (χ1n) is 7.16. The highest BCUT2D eigenvalue weighted by atomic mass is 16.1. The Kier molecular flexibility index (Phi) is 5.10. The van der Waals surface area contributed by atoms with E-state index in [0.29, 0.717) is 22.5 Å². The zero-order chi connectivity index (χ0) is 15.9. The Hall–Kier alpha value is -2.87. The zero-order valence-corrected chi connectivity index (χ0v) is 12.6. The lowest BCUT2D eigenvalue weighted by atomic mass is 10.1. The highest BCUT2D eigenvalue weighted by Crippen LogP contribution is 2.20. The van der Waals surface area contributed by atoms with Gasteiger partial charge in [0.05, 0.1) is 28.7 Å². The number of hydrogen-bond donors (Lipinski definition) is 2. The minimum atomic E-state index is -0.154. The summed E-state index contributed by atoms with van der Waals surface area (Å²) in [7, 11) is 0. The van der Waals surface area contributed by atoms with E-state index >= 15 is 0 Å². The summed E-state index contributed by atoms with van der Waals surface area (Å²) in [6.07, 6.45) is 4.01. The van der Waals surface area contributed by atoms with Gasteiger partial charge in [-0.15, -0.1) is 0 Å². The first-order valence-corrected chi connectivity index (χ1v) is 7.16. The van der Waals surface area contributed by atoms with Crippen LogP contribution in [-0.4, -0.2) is 16.9 Å². The van der Waals surface area contributed by atoms with Crippen LogP contribution < -0.4 is 10.6 Å². The monoisotopic (exact) mass is 294 g/mol. The summed E-state index contributed by atoms with van der Waals surface area (Å²) in [5.74, 6) is -0.154. The standard InChI is InChI=1S/C17H18N4O/c1-3-12(2)20-17(22)14-8-15(11-19-10-14)21-16-7-5-4-6-13(16)9-18/h4-8,10-12,21H,3H2,1-2H3,(H,20,22). The number of hydrogen-bond acceptors (Lipinski definition) is 4. The van der Waals surface area contributed by atoms with Gasteiger partial charge < -0.3 is 10.6 Å². The average Bonchev–Trinajstić information content (AvgIpc) is 2.55. The first-order chi connectivity index (χ1) is 10.6. The van der Waals surface area contributed by atoms with Gasteiger partial charge in [-0.3, -0.25) is 9.78 Å². The maximum atomic E-state index is 12.1. The van der Waals surface area contributed by atoms with Gasteiger partial charge in [-0.1, -0.05) is 19.1 Å². The minimum absolute atomic E-state index is 0.114. The predicted octanol–water partition coefficient (Wildman–Crippen LogP) is 3.23. The molecule has 1 heterocycles. The van der Waals surface area contributed by atoms with E-state index < -0.39 is 0 Å². The van der Waals surface area contributed by atoms with Crippen molar-refractivity contribution in [1.29, 1.82) is 5.26 Å². The average molecular weight is 294 g/mol. The summed E-state index contributed by atoms with van der Waals surface area (Å²) in [6, 6.07) is 11.1. The van der Waals surface area contributed by atoms with Gasteiger partial charge in [0.1, 0.15) is 6.07 Å². The summed E-state index contributed by atoms with van der Waals surface area (Å²) in [6.45, 7) is 3.97. The molecular weight excluding hydrogens is 276 g/mol. The number of rotatable bonds is 5. The Labute approximate surface area is 130 Å². The molecule has 0 saturated carbocycles. The van der Waals surface area contributed by atoms with Crippen LogP contribution in [0.15, 0.2) is 42.7 Å². The molecule has 0 fully saturated rings. The molecule has 112 valence electrons. The van der Waals surface area contributed by atoms with Gasteiger partial charge in [0.15, 0.2) is 0 Å². The molecule has 0 spiro atoms. The molecule has 22 heavy (non-hydrogen) atoms. The molecule has 1 atom stereocenters. The molecule has 2 rings (SSSR count). The molecular formula is C17H18N4O. The lowest BCUT2D eigenvalue weighted by molar-refractivity contribution is 0.0939. The van der Waals surface area contributed by atoms with Crippen LogP contribution in [0.25, 0.3) is 0 Å². The lowest BCUT2D eigenvalue weighted by Gasteiger charge is -2.12. The second-order valence-corrected chi connectivity index (χ2v) is 5.03. The van der Waals surface area contributed by atoms with E-state index in [1.165, 1.54) is 6.20 Å². The van der Waals surface area contributed by atoms with E-state index in [2.05, 4.69) is 21.7 Å². The van der Waals surface area contributed by atoms with Crippen molar-refractivity contribution >= 4 is 17.3 Å². The number of carbonyl (C=O) groups is 1. The van der Waals surface area contributed by atoms with Crippen molar-refractivity contribution in [3.8, 4) is 6.07 Å². The van der Waals surface area contributed by atoms with Crippen molar-refractivity contribution in [2.24, 2.45) is 0 Å². The molecule has 1 aromatic carbocycles. The molecule has 5 nitrogen and oxygen atoms in total. The van der Waals surface area contributed by atoms with E-state index in [1.54, 1.807) is 24.4 Å². The second-order valence-electron chi connectivity index (χ2n) is 5.03. The topological polar surface area (TPSA) is 77.8 Å². The number of nitrogens with one attached hydrogen (secondary N) is 2. The maximum absolute atomic E-state index is 12.1. The summed E-state index contributed by atoms with van der Waals surface area (Å²) in [5.41, 5.74) is 2.38. The van der Waals surface area contributed by atoms with Gasteiger partial charge in [-0.2, -0.15) is 5.26 Å². The molecule has 2 N–H and O–H groups in total. The summed E-state index contributed by atoms with van der Waals surface area (Å²) < 4.78 is 0. The Balaban J connectivity index is 2.18. The van der Waals surface area contributed by atoms with E-state index in [1.807, 2.05) is 26.0 Å². The highest BCUT2D eigenvalue weighted by molar-refractivity contribution is 5.95. The minimum Gasteiger partial charge on any atom is -0.353 e. The van der Waals surface area contributed by atoms with Crippen molar-refractivity contribution < 1.29 is 4.79 Å². The van der Waals surface area contributed by atoms with Crippen LogP contribution >= 0.6 is 0 Å². The molecule has 1 unspecified atom stereocenters. The Morgan fingerprint density at radius 3 is 2.86 bits per heavy atom. The van der Waals surface area contributed by atoms with Gasteiger partial charge in [-0.25, -0.2) is 0 Å². The first kappa shape index (κ1) is 15.5. The molecule has 5 heteroatoms. The third-order valence-corrected chi connectivity index (χ3v) is 3.32. The summed E-state index contributed by atoms with van der Waals surface area (Å²) in [5, 5.41) is 15.1. The van der Waals surface area contributed by atoms with Gasteiger partial charge in [0.25, 0.3) is 5.91 Å². The van der Waals surface area contributed by atoms with Crippen LogP contribution in [0, 0.1) is 11.3 Å². The van der Waals surface area contributed by atoms with Crippen LogP contribution in [-0.2, 0) is 0 Å². The quantitative estimate of drug-likeness (QED) is 0.887. The number of carbonyl (C=O) groups excluding carboxylic acids is 1. The fourth-order valence-electron chi connectivity index (χ4n) is 1.89. The fraction of sp³-hybridized carbons (Fsp3) is 0.235. The third kappa shape index (κ3) is 3.83. The number of nitriles is 1. The normalized spacial score (nSPS) is 11.3. The van der Waals surface area contributed by atoms with Crippen molar-refractivity contribution in [2.45, 2.75) is 26.3 Å². The number of pyridine rings is 1. The number of aromatic nitrogens is 1. The molecule has 1 aromatic heterocycles. The van der Waals surface area contributed by atoms with Crippen molar-refractivity contribution in [3.63, 3.8) is 0 Å². The predicted molar refractivity (Wildman–Crippen MR) is 85.9 cm³/mol. The Morgan fingerprint density at radius 1 is 1.36 bits per heavy atom. The van der Waals surface area contributed by atoms with Crippen molar-refractivity contribution in [1.82, 2.24) is 10.3 Å². The van der Waals surface area contributed by atoms with Crippen LogP contribution in [0.1, 0.15) is 36.2 Å². The van der Waals surface area contributed by atoms with Gasteiger partial charge in [-0.05, 0) is 31.5 Å². The number of nitrogens with zero attached hydrogens (tertiary/aromatic N) is 2. The molecule has 1 amide bonds. The Morgan fingerprint density at radius 2 is 2.14 bits per heavy atom. The molecule has 0 aliphatic heterocycles. The smallest absolute Gasteiger partial charge is 0.253 e. The fourth-order valence-corrected chi connectivity index (χ4v) is 1.89. The molecule has 2 aromatic rings. The van der Waals surface area contributed by atoms with Crippen molar-refractivity contribution in [3.05, 3.63) is 53.9 Å². The van der Waals surface area contributed by atoms with Gasteiger partial charge in [0, 0.05) is 12.2 Å². The lowest BCUT2D eigenvalue weighted by Crippen LogP contribution is -2.31. The molecule has 0 aliphatic carbocycles. The van der Waals surface area contributed by atoms with E-state index in [-0.39, 0.29) is 11.9 Å². The summed E-state index contributed by atoms with van der Waals surface area (Å²) in [4.78, 5) is 16.2. The highest BCUT2D eigenvalue weighted by Gasteiger charge is 2.10.